The van der Waals surface area contributed by atoms with E-state index in [0.29, 0.717) is 18.3 Å². The van der Waals surface area contributed by atoms with Crippen LogP contribution in [0.2, 0.25) is 0 Å². The summed E-state index contributed by atoms with van der Waals surface area (Å²) in [5.41, 5.74) is 1.77. The SMILES string of the molecule is CC(C)N1CCC(N2Cc3ccccc3NS2(=O)=O)CC1. The van der Waals surface area contributed by atoms with Crippen LogP contribution in [-0.2, 0) is 16.8 Å². The lowest BCUT2D eigenvalue weighted by Crippen LogP contribution is -2.51. The zero-order valence-electron chi connectivity index (χ0n) is 12.6. The molecule has 2 aliphatic heterocycles. The van der Waals surface area contributed by atoms with Crippen molar-refractivity contribution in [3.05, 3.63) is 29.8 Å². The minimum absolute atomic E-state index is 0.103. The van der Waals surface area contributed by atoms with E-state index < -0.39 is 10.2 Å². The van der Waals surface area contributed by atoms with E-state index >= 15 is 0 Å². The lowest BCUT2D eigenvalue weighted by atomic mass is 10.0. The van der Waals surface area contributed by atoms with Crippen molar-refractivity contribution in [2.24, 2.45) is 0 Å². The molecule has 0 aliphatic carbocycles. The Kier molecular flexibility index (Phi) is 3.94. The van der Waals surface area contributed by atoms with Crippen LogP contribution in [0, 0.1) is 0 Å². The van der Waals surface area contributed by atoms with Gasteiger partial charge >= 0.3 is 10.2 Å². The second-order valence-electron chi connectivity index (χ2n) is 6.17. The molecule has 5 nitrogen and oxygen atoms in total. The van der Waals surface area contributed by atoms with Crippen LogP contribution in [0.4, 0.5) is 5.69 Å². The van der Waals surface area contributed by atoms with Gasteiger partial charge in [-0.2, -0.15) is 12.7 Å². The van der Waals surface area contributed by atoms with Crippen LogP contribution >= 0.6 is 0 Å². The van der Waals surface area contributed by atoms with Crippen LogP contribution in [0.25, 0.3) is 0 Å². The lowest BCUT2D eigenvalue weighted by Gasteiger charge is -2.41. The number of nitrogens with one attached hydrogen (secondary N) is 1. The van der Waals surface area contributed by atoms with E-state index in [1.54, 1.807) is 4.31 Å². The molecule has 0 unspecified atom stereocenters. The summed E-state index contributed by atoms with van der Waals surface area (Å²) in [6.07, 6.45) is 1.81. The first-order valence-electron chi connectivity index (χ1n) is 7.59. The van der Waals surface area contributed by atoms with E-state index in [9.17, 15) is 8.42 Å². The van der Waals surface area contributed by atoms with Gasteiger partial charge in [0, 0.05) is 18.6 Å². The van der Waals surface area contributed by atoms with Gasteiger partial charge in [-0.15, -0.1) is 0 Å². The maximum absolute atomic E-state index is 12.5. The highest BCUT2D eigenvalue weighted by atomic mass is 32.2. The van der Waals surface area contributed by atoms with E-state index in [1.165, 1.54) is 0 Å². The fourth-order valence-electron chi connectivity index (χ4n) is 3.22. The number of piperidine rings is 1. The van der Waals surface area contributed by atoms with Gasteiger partial charge < -0.3 is 4.90 Å². The summed E-state index contributed by atoms with van der Waals surface area (Å²) < 4.78 is 29.3. The largest absolute Gasteiger partial charge is 0.302 e. The van der Waals surface area contributed by atoms with Gasteiger partial charge in [0.05, 0.1) is 5.69 Å². The van der Waals surface area contributed by atoms with E-state index in [-0.39, 0.29) is 6.04 Å². The summed E-state index contributed by atoms with van der Waals surface area (Å²) in [6.45, 7) is 6.80. The van der Waals surface area contributed by atoms with Gasteiger partial charge in [-0.05, 0) is 51.4 Å². The Bertz CT molecular complexity index is 607. The molecule has 6 heteroatoms. The van der Waals surface area contributed by atoms with Gasteiger partial charge in [-0.25, -0.2) is 0 Å². The third-order valence-corrected chi connectivity index (χ3v) is 6.05. The van der Waals surface area contributed by atoms with E-state index in [2.05, 4.69) is 23.5 Å². The summed E-state index contributed by atoms with van der Waals surface area (Å²) >= 11 is 0. The number of para-hydroxylation sites is 1. The average molecular weight is 309 g/mol. The summed E-state index contributed by atoms with van der Waals surface area (Å²) in [5, 5.41) is 0. The number of rotatable bonds is 2. The third kappa shape index (κ3) is 2.93. The predicted molar refractivity (Wildman–Crippen MR) is 84.3 cm³/mol. The first-order chi connectivity index (χ1) is 9.97. The molecule has 1 N–H and O–H groups in total. The molecule has 0 amide bonds. The molecule has 1 saturated heterocycles. The monoisotopic (exact) mass is 309 g/mol. The molecule has 2 heterocycles. The number of fused-ring (bicyclic) bond motifs is 1. The van der Waals surface area contributed by atoms with Gasteiger partial charge in [0.15, 0.2) is 0 Å². The quantitative estimate of drug-likeness (QED) is 0.909. The predicted octanol–water partition coefficient (Wildman–Crippen LogP) is 2.03. The van der Waals surface area contributed by atoms with Crippen molar-refractivity contribution in [1.29, 1.82) is 0 Å². The average Bonchev–Trinajstić information content (AvgIpc) is 2.45. The maximum Gasteiger partial charge on any atom is 0.302 e. The molecule has 1 aromatic carbocycles. The zero-order chi connectivity index (χ0) is 15.0. The molecule has 21 heavy (non-hydrogen) atoms. The standard InChI is InChI=1S/C15H23N3O2S/c1-12(2)17-9-7-14(8-10-17)18-11-13-5-3-4-6-15(13)16-21(18,19)20/h3-6,12,14,16H,7-11H2,1-2H3. The molecular formula is C15H23N3O2S. The normalized spacial score (nSPS) is 23.8. The summed E-state index contributed by atoms with van der Waals surface area (Å²) in [6, 6.07) is 8.27. The maximum atomic E-state index is 12.5. The molecule has 116 valence electrons. The molecule has 1 aromatic rings. The van der Waals surface area contributed by atoms with Crippen LogP contribution in [0.5, 0.6) is 0 Å². The number of likely N-dealkylation sites (tertiary alicyclic amines) is 1. The molecule has 0 atom stereocenters. The first kappa shape index (κ1) is 14.8. The van der Waals surface area contributed by atoms with Gasteiger partial charge in [0.25, 0.3) is 0 Å². The second-order valence-corrected chi connectivity index (χ2v) is 7.79. The van der Waals surface area contributed by atoms with Crippen molar-refractivity contribution in [2.45, 2.75) is 45.3 Å². The van der Waals surface area contributed by atoms with Crippen molar-refractivity contribution < 1.29 is 8.42 Å². The van der Waals surface area contributed by atoms with Gasteiger partial charge in [-0.1, -0.05) is 18.2 Å². The Morgan fingerprint density at radius 2 is 1.86 bits per heavy atom. The Balaban J connectivity index is 1.77. The first-order valence-corrected chi connectivity index (χ1v) is 9.03. The summed E-state index contributed by atoms with van der Waals surface area (Å²) in [7, 11) is -3.41. The zero-order valence-corrected chi connectivity index (χ0v) is 13.4. The summed E-state index contributed by atoms with van der Waals surface area (Å²) in [5.74, 6) is 0. The number of benzene rings is 1. The van der Waals surface area contributed by atoms with Crippen molar-refractivity contribution in [1.82, 2.24) is 9.21 Å². The minimum atomic E-state index is -3.41. The molecule has 0 radical (unpaired) electrons. The van der Waals surface area contributed by atoms with E-state index in [0.717, 1.165) is 31.5 Å². The Morgan fingerprint density at radius 1 is 1.19 bits per heavy atom. The van der Waals surface area contributed by atoms with E-state index in [1.807, 2.05) is 24.3 Å². The van der Waals surface area contributed by atoms with Crippen LogP contribution in [0.3, 0.4) is 0 Å². The van der Waals surface area contributed by atoms with Crippen molar-refractivity contribution in [2.75, 3.05) is 17.8 Å². The Hall–Kier alpha value is -1.11. The molecule has 2 aliphatic rings. The van der Waals surface area contributed by atoms with Crippen molar-refractivity contribution >= 4 is 15.9 Å². The molecule has 0 spiro atoms. The molecule has 0 aromatic heterocycles. The fourth-order valence-corrected chi connectivity index (χ4v) is 4.73. The molecular weight excluding hydrogens is 286 g/mol. The number of anilines is 1. The van der Waals surface area contributed by atoms with Crippen molar-refractivity contribution in [3.63, 3.8) is 0 Å². The molecule has 0 bridgehead atoms. The van der Waals surface area contributed by atoms with Crippen LogP contribution in [0.15, 0.2) is 24.3 Å². The smallest absolute Gasteiger partial charge is 0.301 e. The number of hydrogen-bond acceptors (Lipinski definition) is 3. The van der Waals surface area contributed by atoms with Crippen molar-refractivity contribution in [3.8, 4) is 0 Å². The molecule has 1 fully saturated rings. The van der Waals surface area contributed by atoms with E-state index in [4.69, 9.17) is 0 Å². The third-order valence-electron chi connectivity index (χ3n) is 4.53. The number of nitrogens with zero attached hydrogens (tertiary/aromatic N) is 2. The molecule has 0 saturated carbocycles. The number of hydrogen-bond donors (Lipinski definition) is 1. The van der Waals surface area contributed by atoms with Gasteiger partial charge in [0.1, 0.15) is 0 Å². The topological polar surface area (TPSA) is 52.6 Å². The van der Waals surface area contributed by atoms with Gasteiger partial charge in [0.2, 0.25) is 0 Å². The Morgan fingerprint density at radius 3 is 2.52 bits per heavy atom. The second kappa shape index (κ2) is 5.59. The highest BCUT2D eigenvalue weighted by molar-refractivity contribution is 7.90. The van der Waals surface area contributed by atoms with Crippen LogP contribution in [0.1, 0.15) is 32.3 Å². The molecule has 3 rings (SSSR count). The highest BCUT2D eigenvalue weighted by Crippen LogP contribution is 2.30. The van der Waals surface area contributed by atoms with Crippen LogP contribution < -0.4 is 4.72 Å². The minimum Gasteiger partial charge on any atom is -0.301 e. The highest BCUT2D eigenvalue weighted by Gasteiger charge is 2.36. The lowest BCUT2D eigenvalue weighted by molar-refractivity contribution is 0.130. The van der Waals surface area contributed by atoms with Gasteiger partial charge in [-0.3, -0.25) is 4.72 Å². The van der Waals surface area contributed by atoms with Crippen LogP contribution in [-0.4, -0.2) is 42.8 Å². The fraction of sp³-hybridized carbons (Fsp3) is 0.600. The Labute approximate surface area is 127 Å². The summed E-state index contributed by atoms with van der Waals surface area (Å²) in [4.78, 5) is 2.41.